The van der Waals surface area contributed by atoms with E-state index in [0.29, 0.717) is 25.7 Å². The second-order valence-electron chi connectivity index (χ2n) is 7.74. The van der Waals surface area contributed by atoms with Crippen LogP contribution in [0.3, 0.4) is 0 Å². The third kappa shape index (κ3) is 3.10. The molecule has 1 N–H and O–H groups in total. The molecule has 0 aromatic carbocycles. The Morgan fingerprint density at radius 2 is 2.08 bits per heavy atom. The molecule has 1 aromatic heterocycles. The predicted octanol–water partition coefficient (Wildman–Crippen LogP) is 0.648. The Labute approximate surface area is 152 Å². The Morgan fingerprint density at radius 3 is 2.73 bits per heavy atom. The fourth-order valence-corrected chi connectivity index (χ4v) is 4.71. The van der Waals surface area contributed by atoms with Gasteiger partial charge in [0.05, 0.1) is 6.42 Å². The van der Waals surface area contributed by atoms with Crippen molar-refractivity contribution in [3.05, 3.63) is 30.1 Å². The molecule has 1 aromatic rings. The van der Waals surface area contributed by atoms with Crippen molar-refractivity contribution in [3.8, 4) is 0 Å². The van der Waals surface area contributed by atoms with Crippen LogP contribution in [0.1, 0.15) is 18.4 Å². The lowest BCUT2D eigenvalue weighted by atomic mass is 9.81. The minimum absolute atomic E-state index is 0.000642. The molecule has 0 saturated carbocycles. The van der Waals surface area contributed by atoms with Crippen LogP contribution in [0.2, 0.25) is 0 Å². The fourth-order valence-electron chi connectivity index (χ4n) is 4.71. The van der Waals surface area contributed by atoms with Crippen molar-refractivity contribution >= 4 is 11.9 Å². The van der Waals surface area contributed by atoms with Crippen LogP contribution >= 0.6 is 0 Å². The summed E-state index contributed by atoms with van der Waals surface area (Å²) in [5.41, 5.74) is 0.0332. The first kappa shape index (κ1) is 17.4. The smallest absolute Gasteiger partial charge is 0.313 e. The quantitative estimate of drug-likeness (QED) is 0.850. The van der Waals surface area contributed by atoms with E-state index in [2.05, 4.69) is 9.88 Å². The molecule has 3 aliphatic heterocycles. The van der Waals surface area contributed by atoms with Crippen molar-refractivity contribution in [3.63, 3.8) is 0 Å². The predicted molar refractivity (Wildman–Crippen MR) is 93.5 cm³/mol. The highest BCUT2D eigenvalue weighted by Crippen LogP contribution is 2.44. The molecule has 0 bridgehead atoms. The number of amides is 1. The van der Waals surface area contributed by atoms with Gasteiger partial charge in [0.2, 0.25) is 5.91 Å². The van der Waals surface area contributed by atoms with Gasteiger partial charge in [0.1, 0.15) is 5.41 Å². The molecule has 0 radical (unpaired) electrons. The van der Waals surface area contributed by atoms with Crippen LogP contribution in [-0.4, -0.2) is 77.2 Å². The van der Waals surface area contributed by atoms with E-state index in [1.165, 1.54) is 0 Å². The van der Waals surface area contributed by atoms with Gasteiger partial charge in [-0.05, 0) is 24.5 Å². The molecule has 3 fully saturated rings. The molecule has 4 heterocycles. The van der Waals surface area contributed by atoms with Crippen molar-refractivity contribution in [2.75, 3.05) is 39.4 Å². The number of aliphatic carboxylic acids is 1. The second-order valence-corrected chi connectivity index (χ2v) is 7.74. The Balaban J connectivity index is 1.45. The van der Waals surface area contributed by atoms with Crippen LogP contribution in [0.4, 0.5) is 0 Å². The van der Waals surface area contributed by atoms with Crippen LogP contribution in [0.5, 0.6) is 0 Å². The maximum Gasteiger partial charge on any atom is 0.313 e. The number of carboxylic acids is 1. The van der Waals surface area contributed by atoms with Crippen LogP contribution in [-0.2, 0) is 20.7 Å². The van der Waals surface area contributed by atoms with Gasteiger partial charge >= 0.3 is 5.97 Å². The summed E-state index contributed by atoms with van der Waals surface area (Å²) in [6.07, 6.45) is 5.57. The van der Waals surface area contributed by atoms with E-state index in [4.69, 9.17) is 4.74 Å². The molecule has 2 atom stereocenters. The zero-order chi connectivity index (χ0) is 18.1. The zero-order valence-corrected chi connectivity index (χ0v) is 14.8. The van der Waals surface area contributed by atoms with Crippen molar-refractivity contribution in [2.24, 2.45) is 11.3 Å². The fraction of sp³-hybridized carbons (Fsp3) is 0.632. The minimum atomic E-state index is -0.830. The van der Waals surface area contributed by atoms with E-state index in [1.807, 2.05) is 12.1 Å². The first-order valence-corrected chi connectivity index (χ1v) is 9.30. The molecule has 3 saturated heterocycles. The molecule has 26 heavy (non-hydrogen) atoms. The molecule has 3 aliphatic rings. The van der Waals surface area contributed by atoms with Gasteiger partial charge in [-0.1, -0.05) is 6.07 Å². The molecular weight excluding hydrogens is 334 g/mol. The Bertz CT molecular complexity index is 677. The van der Waals surface area contributed by atoms with E-state index in [0.717, 1.165) is 38.2 Å². The first-order chi connectivity index (χ1) is 12.6. The number of aromatic nitrogens is 1. The zero-order valence-electron chi connectivity index (χ0n) is 14.8. The van der Waals surface area contributed by atoms with Gasteiger partial charge in [-0.25, -0.2) is 0 Å². The van der Waals surface area contributed by atoms with E-state index in [-0.39, 0.29) is 18.2 Å². The molecule has 1 amide bonds. The van der Waals surface area contributed by atoms with E-state index < -0.39 is 11.4 Å². The number of pyridine rings is 1. The summed E-state index contributed by atoms with van der Waals surface area (Å²) in [4.78, 5) is 32.9. The number of carboxylic acid groups (broad SMARTS) is 1. The molecule has 140 valence electrons. The normalized spacial score (nSPS) is 29.7. The summed E-state index contributed by atoms with van der Waals surface area (Å²) in [5.74, 6) is -0.778. The highest BCUT2D eigenvalue weighted by atomic mass is 16.5. The summed E-state index contributed by atoms with van der Waals surface area (Å²) in [6, 6.07) is 4.10. The lowest BCUT2D eigenvalue weighted by Gasteiger charge is -2.33. The average molecular weight is 359 g/mol. The molecular formula is C19H25N3O4. The third-order valence-electron chi connectivity index (χ3n) is 6.20. The van der Waals surface area contributed by atoms with Gasteiger partial charge in [0.25, 0.3) is 0 Å². The summed E-state index contributed by atoms with van der Waals surface area (Å²) in [7, 11) is 0. The largest absolute Gasteiger partial charge is 0.481 e. The van der Waals surface area contributed by atoms with E-state index >= 15 is 0 Å². The molecule has 0 unspecified atom stereocenters. The molecule has 0 spiro atoms. The molecule has 7 nitrogen and oxygen atoms in total. The summed E-state index contributed by atoms with van der Waals surface area (Å²) in [5, 5.41) is 9.98. The number of ether oxygens (including phenoxy) is 1. The SMILES string of the molecule is O=C(Cc1cccnc1)N1C[C@H]2CN(C3CCOCC3)C[C@@]2(C(=O)O)C1. The van der Waals surface area contributed by atoms with E-state index in [9.17, 15) is 14.7 Å². The number of rotatable bonds is 4. The summed E-state index contributed by atoms with van der Waals surface area (Å²) >= 11 is 0. The van der Waals surface area contributed by atoms with Crippen molar-refractivity contribution in [1.29, 1.82) is 0 Å². The maximum atomic E-state index is 12.7. The molecule has 7 heteroatoms. The number of hydrogen-bond donors (Lipinski definition) is 1. The maximum absolute atomic E-state index is 12.7. The Kier molecular flexibility index (Phi) is 4.67. The highest BCUT2D eigenvalue weighted by molar-refractivity contribution is 5.83. The monoisotopic (exact) mass is 359 g/mol. The van der Waals surface area contributed by atoms with Gasteiger partial charge in [-0.15, -0.1) is 0 Å². The van der Waals surface area contributed by atoms with Crippen molar-refractivity contribution in [2.45, 2.75) is 25.3 Å². The van der Waals surface area contributed by atoms with Crippen LogP contribution in [0, 0.1) is 11.3 Å². The van der Waals surface area contributed by atoms with Crippen molar-refractivity contribution in [1.82, 2.24) is 14.8 Å². The van der Waals surface area contributed by atoms with Gasteiger partial charge in [0.15, 0.2) is 0 Å². The summed E-state index contributed by atoms with van der Waals surface area (Å²) in [6.45, 7) is 3.64. The van der Waals surface area contributed by atoms with Gasteiger partial charge in [0, 0.05) is 63.7 Å². The minimum Gasteiger partial charge on any atom is -0.481 e. The number of likely N-dealkylation sites (tertiary alicyclic amines) is 2. The standard InChI is InChI=1S/C19H25N3O4/c23-17(8-14-2-1-5-20-9-14)22-11-15-10-21(16-3-6-26-7-4-16)12-19(15,13-22)18(24)25/h1-2,5,9,15-16H,3-4,6-8,10-13H2,(H,24,25)/t15-,19-/m1/s1. The number of carbonyl (C=O) groups excluding carboxylic acids is 1. The molecule has 0 aliphatic carbocycles. The Hall–Kier alpha value is -1.99. The lowest BCUT2D eigenvalue weighted by Crippen LogP contribution is -2.45. The first-order valence-electron chi connectivity index (χ1n) is 9.30. The lowest BCUT2D eigenvalue weighted by molar-refractivity contribution is -0.149. The number of fused-ring (bicyclic) bond motifs is 1. The number of hydrogen-bond acceptors (Lipinski definition) is 5. The van der Waals surface area contributed by atoms with E-state index in [1.54, 1.807) is 17.3 Å². The highest BCUT2D eigenvalue weighted by Gasteiger charge is 2.59. The molecule has 4 rings (SSSR count). The second kappa shape index (κ2) is 6.96. The van der Waals surface area contributed by atoms with Gasteiger partial charge in [-0.3, -0.25) is 19.5 Å². The summed E-state index contributed by atoms with van der Waals surface area (Å²) < 4.78 is 5.43. The number of carbonyl (C=O) groups is 2. The van der Waals surface area contributed by atoms with Crippen LogP contribution in [0.25, 0.3) is 0 Å². The van der Waals surface area contributed by atoms with Crippen LogP contribution < -0.4 is 0 Å². The topological polar surface area (TPSA) is 83.0 Å². The Morgan fingerprint density at radius 1 is 1.27 bits per heavy atom. The van der Waals surface area contributed by atoms with Crippen LogP contribution in [0.15, 0.2) is 24.5 Å². The van der Waals surface area contributed by atoms with Gasteiger partial charge in [-0.2, -0.15) is 0 Å². The van der Waals surface area contributed by atoms with Crippen molar-refractivity contribution < 1.29 is 19.4 Å². The van der Waals surface area contributed by atoms with Gasteiger partial charge < -0.3 is 14.7 Å². The number of nitrogens with zero attached hydrogens (tertiary/aromatic N) is 3. The average Bonchev–Trinajstić information content (AvgIpc) is 3.19. The third-order valence-corrected chi connectivity index (χ3v) is 6.20.